The van der Waals surface area contributed by atoms with Gasteiger partial charge >= 0.3 is 0 Å². The van der Waals surface area contributed by atoms with Crippen LogP contribution in [0.3, 0.4) is 0 Å². The number of halogens is 1. The lowest BCUT2D eigenvalue weighted by molar-refractivity contribution is 0.196. The quantitative estimate of drug-likeness (QED) is 0.741. The largest absolute Gasteiger partial charge is 0.385 e. The van der Waals surface area contributed by atoms with E-state index in [1.807, 2.05) is 0 Å². The lowest BCUT2D eigenvalue weighted by atomic mass is 10.2. The van der Waals surface area contributed by atoms with Gasteiger partial charge in [-0.2, -0.15) is 0 Å². The summed E-state index contributed by atoms with van der Waals surface area (Å²) < 4.78 is 18.8. The fourth-order valence-corrected chi connectivity index (χ4v) is 1.45. The normalized spacial score (nSPS) is 10.5. The SMILES string of the molecule is COCCCN(C)c1nccc(CN)c1F. The number of nitrogens with zero attached hydrogens (tertiary/aromatic N) is 2. The fraction of sp³-hybridized carbons (Fsp3) is 0.545. The highest BCUT2D eigenvalue weighted by Crippen LogP contribution is 2.17. The Kier molecular flexibility index (Phi) is 5.14. The van der Waals surface area contributed by atoms with Crippen LogP contribution in [-0.4, -0.2) is 32.3 Å². The monoisotopic (exact) mass is 227 g/mol. The third-order valence-corrected chi connectivity index (χ3v) is 2.37. The summed E-state index contributed by atoms with van der Waals surface area (Å²) in [6.45, 7) is 1.54. The van der Waals surface area contributed by atoms with Crippen molar-refractivity contribution in [2.24, 2.45) is 5.73 Å². The highest BCUT2D eigenvalue weighted by atomic mass is 19.1. The molecule has 0 bridgehead atoms. The van der Waals surface area contributed by atoms with E-state index < -0.39 is 0 Å². The van der Waals surface area contributed by atoms with Crippen LogP contribution in [-0.2, 0) is 11.3 Å². The van der Waals surface area contributed by atoms with Gasteiger partial charge in [0.2, 0.25) is 0 Å². The zero-order valence-corrected chi connectivity index (χ0v) is 9.74. The molecule has 0 radical (unpaired) electrons. The molecule has 0 amide bonds. The maximum atomic E-state index is 13.8. The standard InChI is InChI=1S/C11H18FN3O/c1-15(6-3-7-16-2)11-10(12)9(8-13)4-5-14-11/h4-5H,3,6-8,13H2,1-2H3. The first-order chi connectivity index (χ1) is 7.70. The minimum absolute atomic E-state index is 0.188. The number of nitrogens with two attached hydrogens (primary N) is 1. The van der Waals surface area contributed by atoms with Gasteiger partial charge < -0.3 is 15.4 Å². The van der Waals surface area contributed by atoms with Crippen LogP contribution < -0.4 is 10.6 Å². The van der Waals surface area contributed by atoms with Gasteiger partial charge in [0.25, 0.3) is 0 Å². The van der Waals surface area contributed by atoms with Gasteiger partial charge in [0.15, 0.2) is 11.6 Å². The van der Waals surface area contributed by atoms with E-state index in [1.54, 1.807) is 31.3 Å². The molecule has 0 spiro atoms. The van der Waals surface area contributed by atoms with E-state index in [1.165, 1.54) is 0 Å². The Bertz CT molecular complexity index is 333. The Labute approximate surface area is 95.2 Å². The first kappa shape index (κ1) is 12.9. The average Bonchev–Trinajstić information content (AvgIpc) is 2.29. The topological polar surface area (TPSA) is 51.4 Å². The van der Waals surface area contributed by atoms with Crippen molar-refractivity contribution in [3.05, 3.63) is 23.6 Å². The molecule has 1 heterocycles. The number of rotatable bonds is 6. The number of hydrogen-bond donors (Lipinski definition) is 1. The molecule has 0 saturated carbocycles. The van der Waals surface area contributed by atoms with Crippen molar-refractivity contribution in [3.8, 4) is 0 Å². The van der Waals surface area contributed by atoms with Crippen LogP contribution in [0.1, 0.15) is 12.0 Å². The fourth-order valence-electron chi connectivity index (χ4n) is 1.45. The second-order valence-corrected chi connectivity index (χ2v) is 3.58. The molecule has 1 aromatic heterocycles. The molecule has 5 heteroatoms. The molecule has 1 aromatic rings. The molecule has 1 rings (SSSR count). The molecule has 0 unspecified atom stereocenters. The summed E-state index contributed by atoms with van der Waals surface area (Å²) in [6, 6.07) is 1.60. The first-order valence-electron chi connectivity index (χ1n) is 5.24. The molecule has 4 nitrogen and oxygen atoms in total. The summed E-state index contributed by atoms with van der Waals surface area (Å²) in [5.74, 6) is 0.0176. The molecule has 0 fully saturated rings. The highest BCUT2D eigenvalue weighted by Gasteiger charge is 2.11. The van der Waals surface area contributed by atoms with E-state index in [2.05, 4.69) is 4.98 Å². The van der Waals surface area contributed by atoms with Crippen molar-refractivity contribution in [2.75, 3.05) is 32.2 Å². The molecular formula is C11H18FN3O. The van der Waals surface area contributed by atoms with Crippen molar-refractivity contribution in [1.29, 1.82) is 0 Å². The van der Waals surface area contributed by atoms with Crippen LogP contribution in [0.15, 0.2) is 12.3 Å². The summed E-state index contributed by atoms with van der Waals surface area (Å²) in [5, 5.41) is 0. The second kappa shape index (κ2) is 6.40. The average molecular weight is 227 g/mol. The minimum atomic E-state index is -0.329. The van der Waals surface area contributed by atoms with Crippen LogP contribution in [0.2, 0.25) is 0 Å². The van der Waals surface area contributed by atoms with Crippen molar-refractivity contribution < 1.29 is 9.13 Å². The highest BCUT2D eigenvalue weighted by molar-refractivity contribution is 5.42. The number of anilines is 1. The van der Waals surface area contributed by atoms with Gasteiger partial charge in [-0.3, -0.25) is 0 Å². The molecule has 2 N–H and O–H groups in total. The summed E-state index contributed by atoms with van der Waals surface area (Å²) in [7, 11) is 3.45. The lowest BCUT2D eigenvalue weighted by Crippen LogP contribution is -2.22. The van der Waals surface area contributed by atoms with Gasteiger partial charge in [-0.15, -0.1) is 0 Å². The lowest BCUT2D eigenvalue weighted by Gasteiger charge is -2.19. The van der Waals surface area contributed by atoms with E-state index in [9.17, 15) is 4.39 Å². The summed E-state index contributed by atoms with van der Waals surface area (Å²) in [5.41, 5.74) is 5.92. The van der Waals surface area contributed by atoms with Gasteiger partial charge in [-0.05, 0) is 12.5 Å². The molecular weight excluding hydrogens is 209 g/mol. The van der Waals surface area contributed by atoms with E-state index in [0.29, 0.717) is 24.5 Å². The first-order valence-corrected chi connectivity index (χ1v) is 5.24. The van der Waals surface area contributed by atoms with E-state index >= 15 is 0 Å². The summed E-state index contributed by atoms with van der Waals surface area (Å²) in [6.07, 6.45) is 2.41. The van der Waals surface area contributed by atoms with Gasteiger partial charge in [0.05, 0.1) is 0 Å². The van der Waals surface area contributed by atoms with Crippen molar-refractivity contribution in [2.45, 2.75) is 13.0 Å². The third kappa shape index (κ3) is 3.15. The summed E-state index contributed by atoms with van der Waals surface area (Å²) >= 11 is 0. The van der Waals surface area contributed by atoms with Gasteiger partial charge in [0.1, 0.15) is 0 Å². The Balaban J connectivity index is 2.71. The molecule has 0 aromatic carbocycles. The predicted octanol–water partition coefficient (Wildman–Crippen LogP) is 1.15. The zero-order chi connectivity index (χ0) is 12.0. The van der Waals surface area contributed by atoms with E-state index in [-0.39, 0.29) is 12.4 Å². The predicted molar refractivity (Wildman–Crippen MR) is 61.8 cm³/mol. The molecule has 0 atom stereocenters. The summed E-state index contributed by atoms with van der Waals surface area (Å²) in [4.78, 5) is 5.79. The van der Waals surface area contributed by atoms with Gasteiger partial charge in [0, 0.05) is 45.6 Å². The Hall–Kier alpha value is -1.20. The van der Waals surface area contributed by atoms with Crippen LogP contribution in [0.4, 0.5) is 10.2 Å². The van der Waals surface area contributed by atoms with Crippen molar-refractivity contribution in [3.63, 3.8) is 0 Å². The minimum Gasteiger partial charge on any atom is -0.385 e. The van der Waals surface area contributed by atoms with Crippen molar-refractivity contribution in [1.82, 2.24) is 4.98 Å². The Morgan fingerprint density at radius 1 is 1.56 bits per heavy atom. The number of methoxy groups -OCH3 is 1. The van der Waals surface area contributed by atoms with Crippen LogP contribution in [0, 0.1) is 5.82 Å². The van der Waals surface area contributed by atoms with Crippen LogP contribution >= 0.6 is 0 Å². The molecule has 90 valence electrons. The zero-order valence-electron chi connectivity index (χ0n) is 9.74. The number of ether oxygens (including phenoxy) is 1. The molecule has 0 aliphatic rings. The molecule has 0 aliphatic carbocycles. The second-order valence-electron chi connectivity index (χ2n) is 3.58. The molecule has 0 aliphatic heterocycles. The van der Waals surface area contributed by atoms with Crippen LogP contribution in [0.25, 0.3) is 0 Å². The van der Waals surface area contributed by atoms with Gasteiger partial charge in [-0.25, -0.2) is 9.37 Å². The third-order valence-electron chi connectivity index (χ3n) is 2.37. The number of hydrogen-bond acceptors (Lipinski definition) is 4. The van der Waals surface area contributed by atoms with E-state index in [0.717, 1.165) is 6.42 Å². The maximum Gasteiger partial charge on any atom is 0.170 e. The number of aromatic nitrogens is 1. The molecule has 16 heavy (non-hydrogen) atoms. The van der Waals surface area contributed by atoms with Gasteiger partial charge in [-0.1, -0.05) is 0 Å². The van der Waals surface area contributed by atoms with E-state index in [4.69, 9.17) is 10.5 Å². The number of pyridine rings is 1. The Morgan fingerprint density at radius 3 is 2.94 bits per heavy atom. The van der Waals surface area contributed by atoms with Crippen molar-refractivity contribution >= 4 is 5.82 Å². The Morgan fingerprint density at radius 2 is 2.31 bits per heavy atom. The van der Waals surface area contributed by atoms with Crippen LogP contribution in [0.5, 0.6) is 0 Å². The molecule has 0 saturated heterocycles. The smallest absolute Gasteiger partial charge is 0.170 e. The maximum absolute atomic E-state index is 13.8.